The van der Waals surface area contributed by atoms with E-state index in [-0.39, 0.29) is 23.7 Å². The molecule has 9 heteroatoms. The summed E-state index contributed by atoms with van der Waals surface area (Å²) >= 11 is 0. The zero-order valence-electron chi connectivity index (χ0n) is 21.4. The first-order valence-corrected chi connectivity index (χ1v) is 13.5. The third kappa shape index (κ3) is 7.18. The second-order valence-electron chi connectivity index (χ2n) is 10.4. The van der Waals surface area contributed by atoms with Crippen LogP contribution in [0.15, 0.2) is 18.3 Å². The summed E-state index contributed by atoms with van der Waals surface area (Å²) in [4.78, 5) is 43.3. The molecule has 2 aliphatic carbocycles. The van der Waals surface area contributed by atoms with Crippen LogP contribution in [-0.2, 0) is 19.1 Å². The number of ether oxygens (including phenoxy) is 2. The predicted molar refractivity (Wildman–Crippen MR) is 135 cm³/mol. The van der Waals surface area contributed by atoms with E-state index in [4.69, 9.17) is 9.47 Å². The monoisotopic (exact) mass is 500 g/mol. The Labute approximate surface area is 213 Å². The van der Waals surface area contributed by atoms with Crippen molar-refractivity contribution in [2.75, 3.05) is 31.7 Å². The number of hydrogen-bond donors (Lipinski definition) is 2. The Hall–Kier alpha value is -2.68. The van der Waals surface area contributed by atoms with E-state index in [1.165, 1.54) is 39.2 Å². The van der Waals surface area contributed by atoms with Gasteiger partial charge in [0.15, 0.2) is 0 Å². The second-order valence-corrected chi connectivity index (χ2v) is 10.4. The molecule has 1 aromatic heterocycles. The highest BCUT2D eigenvalue weighted by molar-refractivity contribution is 5.95. The number of hydrazine groups is 1. The highest BCUT2D eigenvalue weighted by atomic mass is 16.5. The number of carbonyl (C=O) groups excluding carboxylic acids is 3. The molecule has 1 saturated heterocycles. The molecule has 0 radical (unpaired) electrons. The summed E-state index contributed by atoms with van der Waals surface area (Å²) in [5, 5.41) is 0. The van der Waals surface area contributed by atoms with Gasteiger partial charge in [-0.3, -0.25) is 25.2 Å². The van der Waals surface area contributed by atoms with Crippen LogP contribution in [0.3, 0.4) is 0 Å². The number of esters is 1. The maximum Gasteiger partial charge on any atom is 0.308 e. The Kier molecular flexibility index (Phi) is 9.55. The molecular weight excluding hydrogens is 460 g/mol. The summed E-state index contributed by atoms with van der Waals surface area (Å²) in [7, 11) is 1.38. The number of hydrogen-bond acceptors (Lipinski definition) is 7. The summed E-state index contributed by atoms with van der Waals surface area (Å²) in [5.41, 5.74) is 5.40. The Balaban J connectivity index is 1.16. The van der Waals surface area contributed by atoms with E-state index in [9.17, 15) is 14.4 Å². The number of aromatic nitrogens is 1. The molecule has 0 unspecified atom stereocenters. The lowest BCUT2D eigenvalue weighted by Crippen LogP contribution is -2.45. The highest BCUT2D eigenvalue weighted by Crippen LogP contribution is 2.29. The molecule has 1 aromatic rings. The van der Waals surface area contributed by atoms with E-state index >= 15 is 0 Å². The van der Waals surface area contributed by atoms with Gasteiger partial charge in [-0.05, 0) is 69.4 Å². The molecule has 0 spiro atoms. The molecule has 198 valence electrons. The molecule has 2 saturated carbocycles. The van der Waals surface area contributed by atoms with Gasteiger partial charge in [0.05, 0.1) is 24.7 Å². The smallest absolute Gasteiger partial charge is 0.308 e. The van der Waals surface area contributed by atoms with Crippen LogP contribution in [0, 0.1) is 17.8 Å². The zero-order chi connectivity index (χ0) is 25.3. The van der Waals surface area contributed by atoms with Gasteiger partial charge in [0.1, 0.15) is 5.82 Å². The topological polar surface area (TPSA) is 110 Å². The number of pyridine rings is 1. The molecule has 0 bridgehead atoms. The summed E-state index contributed by atoms with van der Waals surface area (Å²) < 4.78 is 11.0. The van der Waals surface area contributed by atoms with Crippen molar-refractivity contribution in [1.29, 1.82) is 0 Å². The first kappa shape index (κ1) is 26.4. The molecule has 0 atom stereocenters. The number of piperidine rings is 1. The minimum Gasteiger partial charge on any atom is -0.469 e. The summed E-state index contributed by atoms with van der Waals surface area (Å²) in [6, 6.07) is 3.59. The molecule has 2 N–H and O–H groups in total. The molecule has 3 aliphatic rings. The van der Waals surface area contributed by atoms with Crippen molar-refractivity contribution in [2.45, 2.75) is 76.7 Å². The minimum absolute atomic E-state index is 0.141. The molecular formula is C27H40N4O5. The fourth-order valence-corrected chi connectivity index (χ4v) is 5.64. The van der Waals surface area contributed by atoms with Gasteiger partial charge in [-0.25, -0.2) is 4.98 Å². The Morgan fingerprint density at radius 1 is 0.917 bits per heavy atom. The number of amides is 2. The third-order valence-corrected chi connectivity index (χ3v) is 8.00. The van der Waals surface area contributed by atoms with E-state index in [0.29, 0.717) is 37.4 Å². The maximum absolute atomic E-state index is 12.5. The lowest BCUT2D eigenvalue weighted by molar-refractivity contribution is -0.147. The van der Waals surface area contributed by atoms with E-state index in [1.807, 2.05) is 6.07 Å². The van der Waals surface area contributed by atoms with Crippen LogP contribution in [0.2, 0.25) is 0 Å². The van der Waals surface area contributed by atoms with Crippen molar-refractivity contribution in [1.82, 2.24) is 15.8 Å². The van der Waals surface area contributed by atoms with Crippen LogP contribution < -0.4 is 15.8 Å². The van der Waals surface area contributed by atoms with Crippen LogP contribution >= 0.6 is 0 Å². The SMILES string of the molecule is COC(=O)[C@H]1CC[C@H](C(=O)NNC(=O)c2ccc(N3CCC(OCC4CCCCC4)CC3)nc2)CC1. The normalized spacial score (nSPS) is 23.6. The number of carbonyl (C=O) groups is 3. The first-order chi connectivity index (χ1) is 17.5. The third-order valence-electron chi connectivity index (χ3n) is 8.00. The lowest BCUT2D eigenvalue weighted by atomic mass is 9.82. The van der Waals surface area contributed by atoms with Gasteiger partial charge in [0, 0.05) is 31.8 Å². The van der Waals surface area contributed by atoms with Gasteiger partial charge in [-0.15, -0.1) is 0 Å². The highest BCUT2D eigenvalue weighted by Gasteiger charge is 2.30. The van der Waals surface area contributed by atoms with E-state index in [1.54, 1.807) is 12.3 Å². The van der Waals surface area contributed by atoms with Gasteiger partial charge in [-0.2, -0.15) is 0 Å². The van der Waals surface area contributed by atoms with Gasteiger partial charge < -0.3 is 14.4 Å². The Morgan fingerprint density at radius 3 is 2.25 bits per heavy atom. The largest absolute Gasteiger partial charge is 0.469 e. The predicted octanol–water partition coefficient (Wildman–Crippen LogP) is 3.39. The van der Waals surface area contributed by atoms with E-state index in [2.05, 4.69) is 20.7 Å². The van der Waals surface area contributed by atoms with Crippen molar-refractivity contribution in [3.63, 3.8) is 0 Å². The molecule has 2 heterocycles. The summed E-state index contributed by atoms with van der Waals surface area (Å²) in [6.45, 7) is 2.68. The van der Waals surface area contributed by atoms with Crippen LogP contribution in [0.5, 0.6) is 0 Å². The number of methoxy groups -OCH3 is 1. The quantitative estimate of drug-likeness (QED) is 0.436. The van der Waals surface area contributed by atoms with E-state index < -0.39 is 5.91 Å². The number of anilines is 1. The molecule has 0 aromatic carbocycles. The van der Waals surface area contributed by atoms with Crippen LogP contribution in [0.25, 0.3) is 0 Å². The van der Waals surface area contributed by atoms with Gasteiger partial charge in [-0.1, -0.05) is 19.3 Å². The maximum atomic E-state index is 12.5. The number of nitrogens with one attached hydrogen (secondary N) is 2. The molecule has 36 heavy (non-hydrogen) atoms. The lowest BCUT2D eigenvalue weighted by Gasteiger charge is -2.33. The van der Waals surface area contributed by atoms with Crippen LogP contribution in [-0.4, -0.2) is 55.7 Å². The first-order valence-electron chi connectivity index (χ1n) is 13.5. The minimum atomic E-state index is -0.402. The Bertz CT molecular complexity index is 871. The van der Waals surface area contributed by atoms with Gasteiger partial charge >= 0.3 is 5.97 Å². The van der Waals surface area contributed by atoms with Crippen molar-refractivity contribution in [2.24, 2.45) is 17.8 Å². The average molecular weight is 501 g/mol. The number of nitrogens with zero attached hydrogens (tertiary/aromatic N) is 2. The molecule has 9 nitrogen and oxygen atoms in total. The zero-order valence-corrected chi connectivity index (χ0v) is 21.4. The van der Waals surface area contributed by atoms with Gasteiger partial charge in [0.25, 0.3) is 5.91 Å². The summed E-state index contributed by atoms with van der Waals surface area (Å²) in [5.74, 6) is 0.377. The molecule has 4 rings (SSSR count). The van der Waals surface area contributed by atoms with Crippen LogP contribution in [0.1, 0.15) is 81.0 Å². The molecule has 3 fully saturated rings. The Morgan fingerprint density at radius 2 is 1.61 bits per heavy atom. The van der Waals surface area contributed by atoms with Gasteiger partial charge in [0.2, 0.25) is 5.91 Å². The number of rotatable bonds is 7. The van der Waals surface area contributed by atoms with E-state index in [0.717, 1.165) is 44.3 Å². The second kappa shape index (κ2) is 13.0. The fraction of sp³-hybridized carbons (Fsp3) is 0.704. The van der Waals surface area contributed by atoms with Crippen molar-refractivity contribution >= 4 is 23.6 Å². The molecule has 2 amide bonds. The summed E-state index contributed by atoms with van der Waals surface area (Å²) in [6.07, 6.45) is 13.0. The van der Waals surface area contributed by atoms with Crippen LogP contribution in [0.4, 0.5) is 5.82 Å². The molecule has 1 aliphatic heterocycles. The van der Waals surface area contributed by atoms with Crippen molar-refractivity contribution in [3.05, 3.63) is 23.9 Å². The van der Waals surface area contributed by atoms with Crippen molar-refractivity contribution < 1.29 is 23.9 Å². The standard InChI is InChI=1S/C27H40N4O5/c1-35-27(34)21-9-7-20(8-10-21)25(32)29-30-26(33)22-11-12-24(28-17-22)31-15-13-23(14-16-31)36-18-19-5-3-2-4-6-19/h11-12,17,19-21,23H,2-10,13-16,18H2,1H3,(H,29,32)(H,30,33)/t20-,21-. The van der Waals surface area contributed by atoms with Crippen molar-refractivity contribution in [3.8, 4) is 0 Å². The average Bonchev–Trinajstić information content (AvgIpc) is 2.95. The fourth-order valence-electron chi connectivity index (χ4n) is 5.64.